The molecule has 0 spiro atoms. The van der Waals surface area contributed by atoms with Gasteiger partial charge < -0.3 is 24.8 Å². The molecule has 0 bridgehead atoms. The highest BCUT2D eigenvalue weighted by Crippen LogP contribution is 2.17. The Labute approximate surface area is 113 Å². The first-order valence-electron chi connectivity index (χ1n) is 6.20. The lowest BCUT2D eigenvalue weighted by Gasteiger charge is -2.26. The summed E-state index contributed by atoms with van der Waals surface area (Å²) >= 11 is 0. The molecule has 6 nitrogen and oxygen atoms in total. The van der Waals surface area contributed by atoms with Crippen molar-refractivity contribution in [3.8, 4) is 0 Å². The Hall–Kier alpha value is -0.950. The van der Waals surface area contributed by atoms with E-state index in [2.05, 4.69) is 0 Å². The molecular formula is C13H24O6. The predicted molar refractivity (Wildman–Crippen MR) is 69.5 cm³/mol. The second-order valence-corrected chi connectivity index (χ2v) is 4.67. The molecule has 0 saturated heterocycles. The zero-order valence-corrected chi connectivity index (χ0v) is 11.8. The van der Waals surface area contributed by atoms with Crippen LogP contribution in [0, 0.1) is 5.41 Å². The first-order chi connectivity index (χ1) is 8.96. The number of allylic oxidation sites excluding steroid dienone is 1. The minimum atomic E-state index is -1.21. The number of ether oxygens (including phenoxy) is 2. The molecule has 0 aliphatic rings. The number of carbonyl (C=O) groups is 1. The second-order valence-electron chi connectivity index (χ2n) is 4.67. The average molecular weight is 276 g/mol. The number of carbonyl (C=O) groups excluding carboxylic acids is 1. The molecule has 0 aromatic heterocycles. The molecule has 3 N–H and O–H groups in total. The van der Waals surface area contributed by atoms with Crippen LogP contribution in [0.5, 0.6) is 0 Å². The minimum Gasteiger partial charge on any atom is -0.461 e. The Morgan fingerprint density at radius 2 is 1.63 bits per heavy atom. The SMILES string of the molecule is CCOCC(C(=O)OCC(CO)(CO)CO)=C(C)C. The lowest BCUT2D eigenvalue weighted by molar-refractivity contribution is -0.147. The molecule has 0 fully saturated rings. The van der Waals surface area contributed by atoms with Crippen molar-refractivity contribution in [2.24, 2.45) is 5.41 Å². The molecule has 0 aliphatic heterocycles. The van der Waals surface area contributed by atoms with Crippen molar-refractivity contribution in [3.05, 3.63) is 11.1 Å². The van der Waals surface area contributed by atoms with Crippen molar-refractivity contribution < 1.29 is 29.6 Å². The average Bonchev–Trinajstić information content (AvgIpc) is 2.41. The van der Waals surface area contributed by atoms with Gasteiger partial charge in [-0.05, 0) is 20.8 Å². The molecule has 0 aromatic carbocycles. The summed E-state index contributed by atoms with van der Waals surface area (Å²) in [7, 11) is 0. The summed E-state index contributed by atoms with van der Waals surface area (Å²) in [5.74, 6) is -0.562. The highest BCUT2D eigenvalue weighted by atomic mass is 16.5. The van der Waals surface area contributed by atoms with Gasteiger partial charge in [0, 0.05) is 6.61 Å². The summed E-state index contributed by atoms with van der Waals surface area (Å²) in [6.07, 6.45) is 0. The number of rotatable bonds is 9. The fraction of sp³-hybridized carbons (Fsp3) is 0.769. The molecule has 0 amide bonds. The predicted octanol–water partition coefficient (Wildman–Crippen LogP) is -0.134. The molecule has 0 radical (unpaired) electrons. The monoisotopic (exact) mass is 276 g/mol. The first-order valence-corrected chi connectivity index (χ1v) is 6.20. The van der Waals surface area contributed by atoms with Gasteiger partial charge in [-0.3, -0.25) is 0 Å². The quantitative estimate of drug-likeness (QED) is 0.401. The van der Waals surface area contributed by atoms with E-state index < -0.39 is 31.2 Å². The molecule has 112 valence electrons. The summed E-state index contributed by atoms with van der Waals surface area (Å²) in [6.45, 7) is 4.34. The number of esters is 1. The molecular weight excluding hydrogens is 252 g/mol. The van der Waals surface area contributed by atoms with Crippen LogP contribution < -0.4 is 0 Å². The van der Waals surface area contributed by atoms with E-state index >= 15 is 0 Å². The van der Waals surface area contributed by atoms with Gasteiger partial charge >= 0.3 is 5.97 Å². The van der Waals surface area contributed by atoms with Gasteiger partial charge in [0.2, 0.25) is 0 Å². The number of aliphatic hydroxyl groups excluding tert-OH is 3. The van der Waals surface area contributed by atoms with Gasteiger partial charge in [-0.1, -0.05) is 5.57 Å². The van der Waals surface area contributed by atoms with Crippen LogP contribution in [-0.2, 0) is 14.3 Å². The normalized spacial score (nSPS) is 11.3. The Balaban J connectivity index is 4.62. The fourth-order valence-electron chi connectivity index (χ4n) is 1.20. The molecule has 0 heterocycles. The Kier molecular flexibility index (Phi) is 8.58. The minimum absolute atomic E-state index is 0.155. The summed E-state index contributed by atoms with van der Waals surface area (Å²) in [5, 5.41) is 27.4. The van der Waals surface area contributed by atoms with E-state index in [1.54, 1.807) is 13.8 Å². The Bertz CT molecular complexity index is 294. The van der Waals surface area contributed by atoms with Crippen molar-refractivity contribution in [2.75, 3.05) is 39.6 Å². The number of aliphatic hydroxyl groups is 3. The highest BCUT2D eigenvalue weighted by molar-refractivity contribution is 5.89. The van der Waals surface area contributed by atoms with Crippen LogP contribution in [-0.4, -0.2) is 60.9 Å². The van der Waals surface area contributed by atoms with Gasteiger partial charge in [0.15, 0.2) is 0 Å². The van der Waals surface area contributed by atoms with Crippen LogP contribution >= 0.6 is 0 Å². The molecule has 0 aromatic rings. The maximum absolute atomic E-state index is 11.9. The van der Waals surface area contributed by atoms with E-state index in [1.807, 2.05) is 6.92 Å². The zero-order chi connectivity index (χ0) is 14.9. The molecule has 0 atom stereocenters. The van der Waals surface area contributed by atoms with Gasteiger partial charge in [0.1, 0.15) is 6.61 Å². The third-order valence-electron chi connectivity index (χ3n) is 2.82. The molecule has 0 aliphatic carbocycles. The summed E-state index contributed by atoms with van der Waals surface area (Å²) in [5.41, 5.74) is -0.0285. The van der Waals surface area contributed by atoms with Gasteiger partial charge in [-0.25, -0.2) is 4.79 Å². The van der Waals surface area contributed by atoms with Crippen LogP contribution in [0.2, 0.25) is 0 Å². The standard InChI is InChI=1S/C13H24O6/c1-4-18-5-11(10(2)3)12(17)19-9-13(6-14,7-15)8-16/h14-16H,4-9H2,1-3H3. The third kappa shape index (κ3) is 5.69. The summed E-state index contributed by atoms with van der Waals surface area (Å²) in [6, 6.07) is 0. The summed E-state index contributed by atoms with van der Waals surface area (Å²) in [4.78, 5) is 11.9. The van der Waals surface area contributed by atoms with E-state index in [0.29, 0.717) is 12.2 Å². The second kappa shape index (κ2) is 9.03. The largest absolute Gasteiger partial charge is 0.461 e. The lowest BCUT2D eigenvalue weighted by Crippen LogP contribution is -2.39. The zero-order valence-electron chi connectivity index (χ0n) is 11.8. The molecule has 0 unspecified atom stereocenters. The van der Waals surface area contributed by atoms with E-state index in [-0.39, 0.29) is 13.2 Å². The van der Waals surface area contributed by atoms with E-state index in [1.165, 1.54) is 0 Å². The smallest absolute Gasteiger partial charge is 0.336 e. The van der Waals surface area contributed by atoms with Gasteiger partial charge in [-0.2, -0.15) is 0 Å². The van der Waals surface area contributed by atoms with Gasteiger partial charge in [0.05, 0.1) is 37.4 Å². The maximum atomic E-state index is 11.9. The van der Waals surface area contributed by atoms with Crippen LogP contribution in [0.3, 0.4) is 0 Å². The van der Waals surface area contributed by atoms with Crippen LogP contribution in [0.25, 0.3) is 0 Å². The maximum Gasteiger partial charge on any atom is 0.336 e. The van der Waals surface area contributed by atoms with Crippen LogP contribution in [0.4, 0.5) is 0 Å². The Morgan fingerprint density at radius 3 is 2.00 bits per heavy atom. The molecule has 0 rings (SSSR count). The van der Waals surface area contributed by atoms with Crippen molar-refractivity contribution in [1.82, 2.24) is 0 Å². The first kappa shape index (κ1) is 18.0. The Morgan fingerprint density at radius 1 is 1.11 bits per heavy atom. The topological polar surface area (TPSA) is 96.2 Å². The van der Waals surface area contributed by atoms with E-state index in [0.717, 1.165) is 5.57 Å². The van der Waals surface area contributed by atoms with Gasteiger partial charge in [0.25, 0.3) is 0 Å². The van der Waals surface area contributed by atoms with Crippen LogP contribution in [0.1, 0.15) is 20.8 Å². The fourth-order valence-corrected chi connectivity index (χ4v) is 1.20. The number of hydrogen-bond acceptors (Lipinski definition) is 6. The van der Waals surface area contributed by atoms with Crippen molar-refractivity contribution >= 4 is 5.97 Å². The van der Waals surface area contributed by atoms with E-state index in [4.69, 9.17) is 24.8 Å². The van der Waals surface area contributed by atoms with Gasteiger partial charge in [-0.15, -0.1) is 0 Å². The molecule has 0 saturated carbocycles. The summed E-state index contributed by atoms with van der Waals surface area (Å²) < 4.78 is 10.2. The highest BCUT2D eigenvalue weighted by Gasteiger charge is 2.30. The van der Waals surface area contributed by atoms with Crippen molar-refractivity contribution in [2.45, 2.75) is 20.8 Å². The molecule has 6 heteroatoms. The van der Waals surface area contributed by atoms with E-state index in [9.17, 15) is 4.79 Å². The molecule has 19 heavy (non-hydrogen) atoms. The lowest BCUT2D eigenvalue weighted by atomic mass is 9.92. The van der Waals surface area contributed by atoms with Crippen molar-refractivity contribution in [1.29, 1.82) is 0 Å². The third-order valence-corrected chi connectivity index (χ3v) is 2.82. The van der Waals surface area contributed by atoms with Crippen molar-refractivity contribution in [3.63, 3.8) is 0 Å². The number of hydrogen-bond donors (Lipinski definition) is 3. The van der Waals surface area contributed by atoms with Crippen LogP contribution in [0.15, 0.2) is 11.1 Å².